The van der Waals surface area contributed by atoms with Crippen molar-refractivity contribution in [2.75, 3.05) is 24.2 Å². The minimum Gasteiger partial charge on any atom is -0.397 e. The molecule has 1 aliphatic carbocycles. The van der Waals surface area contributed by atoms with Crippen molar-refractivity contribution in [2.24, 2.45) is 5.92 Å². The lowest BCUT2D eigenvalue weighted by Gasteiger charge is -2.31. The molecule has 2 N–H and O–H groups in total. The summed E-state index contributed by atoms with van der Waals surface area (Å²) in [5.41, 5.74) is 7.63. The Kier molecular flexibility index (Phi) is 3.38. The van der Waals surface area contributed by atoms with Crippen molar-refractivity contribution in [1.82, 2.24) is 4.98 Å². The van der Waals surface area contributed by atoms with Gasteiger partial charge in [-0.3, -0.25) is 0 Å². The first-order valence-electron chi connectivity index (χ1n) is 5.71. The molecule has 0 unspecified atom stereocenters. The van der Waals surface area contributed by atoms with Crippen LogP contribution in [0.5, 0.6) is 0 Å². The van der Waals surface area contributed by atoms with Crippen LogP contribution < -0.4 is 10.6 Å². The summed E-state index contributed by atoms with van der Waals surface area (Å²) in [6.45, 7) is 3.11. The molecule has 0 aromatic carbocycles. The van der Waals surface area contributed by atoms with Crippen LogP contribution in [0.25, 0.3) is 0 Å². The van der Waals surface area contributed by atoms with E-state index in [0.29, 0.717) is 0 Å². The van der Waals surface area contributed by atoms with Gasteiger partial charge >= 0.3 is 0 Å². The number of nitrogens with two attached hydrogens (primary N) is 1. The van der Waals surface area contributed by atoms with Crippen LogP contribution in [-0.2, 0) is 0 Å². The van der Waals surface area contributed by atoms with Crippen LogP contribution in [0.4, 0.5) is 11.5 Å². The smallest absolute Gasteiger partial charge is 0.143 e. The number of hydrogen-bond donors (Lipinski definition) is 1. The van der Waals surface area contributed by atoms with E-state index in [2.05, 4.69) is 32.9 Å². The monoisotopic (exact) mass is 283 g/mol. The number of nitrogens with zero attached hydrogens (tertiary/aromatic N) is 2. The summed E-state index contributed by atoms with van der Waals surface area (Å²) in [7, 11) is 2.10. The van der Waals surface area contributed by atoms with Crippen molar-refractivity contribution in [3.63, 3.8) is 0 Å². The fourth-order valence-corrected chi connectivity index (χ4v) is 2.63. The molecule has 1 aliphatic rings. The minimum atomic E-state index is 0.743. The van der Waals surface area contributed by atoms with E-state index < -0.39 is 0 Å². The summed E-state index contributed by atoms with van der Waals surface area (Å²) in [6.07, 6.45) is 5.84. The zero-order valence-electron chi connectivity index (χ0n) is 9.83. The Morgan fingerprint density at radius 3 is 2.81 bits per heavy atom. The van der Waals surface area contributed by atoms with Gasteiger partial charge in [-0.1, -0.05) is 6.42 Å². The van der Waals surface area contributed by atoms with Crippen LogP contribution in [0.3, 0.4) is 0 Å². The van der Waals surface area contributed by atoms with Crippen molar-refractivity contribution in [2.45, 2.75) is 26.2 Å². The van der Waals surface area contributed by atoms with E-state index in [1.165, 1.54) is 19.3 Å². The third-order valence-electron chi connectivity index (χ3n) is 3.40. The molecule has 1 saturated carbocycles. The van der Waals surface area contributed by atoms with Crippen LogP contribution in [0.15, 0.2) is 10.7 Å². The number of nitrogen functional groups attached to an aromatic ring is 1. The highest BCUT2D eigenvalue weighted by Gasteiger charge is 2.21. The van der Waals surface area contributed by atoms with Crippen molar-refractivity contribution >= 4 is 27.4 Å². The van der Waals surface area contributed by atoms with Gasteiger partial charge in [-0.15, -0.1) is 0 Å². The van der Waals surface area contributed by atoms with Gasteiger partial charge in [-0.05, 0) is 47.2 Å². The lowest BCUT2D eigenvalue weighted by molar-refractivity contribution is 0.321. The molecule has 1 fully saturated rings. The molecular formula is C12H18BrN3. The highest BCUT2D eigenvalue weighted by atomic mass is 79.9. The van der Waals surface area contributed by atoms with Crippen LogP contribution in [0.1, 0.15) is 24.8 Å². The second-order valence-corrected chi connectivity index (χ2v) is 5.45. The zero-order chi connectivity index (χ0) is 11.7. The first-order chi connectivity index (χ1) is 7.59. The highest BCUT2D eigenvalue weighted by molar-refractivity contribution is 9.10. The number of pyridine rings is 1. The molecule has 0 spiro atoms. The van der Waals surface area contributed by atoms with E-state index in [1.807, 2.05) is 6.92 Å². The highest BCUT2D eigenvalue weighted by Crippen LogP contribution is 2.32. The van der Waals surface area contributed by atoms with Crippen molar-refractivity contribution in [3.05, 3.63) is 16.2 Å². The fourth-order valence-electron chi connectivity index (χ4n) is 1.99. The van der Waals surface area contributed by atoms with Crippen LogP contribution >= 0.6 is 15.9 Å². The Morgan fingerprint density at radius 2 is 2.25 bits per heavy atom. The normalized spacial score (nSPS) is 15.9. The molecule has 88 valence electrons. The molecule has 1 aromatic heterocycles. The predicted octanol–water partition coefficient (Wildman–Crippen LogP) is 2.97. The van der Waals surface area contributed by atoms with Gasteiger partial charge in [0.25, 0.3) is 0 Å². The second kappa shape index (κ2) is 4.62. The number of anilines is 2. The predicted molar refractivity (Wildman–Crippen MR) is 71.7 cm³/mol. The molecule has 0 bridgehead atoms. The van der Waals surface area contributed by atoms with E-state index in [-0.39, 0.29) is 0 Å². The third-order valence-corrected chi connectivity index (χ3v) is 4.35. The largest absolute Gasteiger partial charge is 0.397 e. The quantitative estimate of drug-likeness (QED) is 0.927. The average molecular weight is 284 g/mol. The van der Waals surface area contributed by atoms with Gasteiger partial charge in [-0.2, -0.15) is 0 Å². The molecular weight excluding hydrogens is 266 g/mol. The average Bonchev–Trinajstić information content (AvgIpc) is 2.20. The van der Waals surface area contributed by atoms with Crippen LogP contribution in [0.2, 0.25) is 0 Å². The molecule has 1 heterocycles. The number of halogens is 1. The summed E-state index contributed by atoms with van der Waals surface area (Å²) >= 11 is 3.58. The fraction of sp³-hybridized carbons (Fsp3) is 0.583. The SMILES string of the molecule is Cc1c(N)cnc(N(C)CC2CCC2)c1Br. The van der Waals surface area contributed by atoms with E-state index in [9.17, 15) is 0 Å². The zero-order valence-corrected chi connectivity index (χ0v) is 11.4. The van der Waals surface area contributed by atoms with E-state index in [1.54, 1.807) is 6.20 Å². The molecule has 0 atom stereocenters. The summed E-state index contributed by atoms with van der Waals surface area (Å²) in [5, 5.41) is 0. The first-order valence-corrected chi connectivity index (χ1v) is 6.50. The summed E-state index contributed by atoms with van der Waals surface area (Å²) < 4.78 is 1.02. The maximum atomic E-state index is 5.82. The summed E-state index contributed by atoms with van der Waals surface area (Å²) in [5.74, 6) is 1.84. The number of rotatable bonds is 3. The van der Waals surface area contributed by atoms with Gasteiger partial charge in [0.1, 0.15) is 5.82 Å². The Labute approximate surface area is 105 Å². The molecule has 16 heavy (non-hydrogen) atoms. The van der Waals surface area contributed by atoms with Crippen LogP contribution in [-0.4, -0.2) is 18.6 Å². The van der Waals surface area contributed by atoms with Gasteiger partial charge in [0, 0.05) is 13.6 Å². The van der Waals surface area contributed by atoms with Gasteiger partial charge in [0.2, 0.25) is 0 Å². The molecule has 3 nitrogen and oxygen atoms in total. The van der Waals surface area contributed by atoms with Gasteiger partial charge in [0.05, 0.1) is 16.4 Å². The standard InChI is InChI=1S/C12H18BrN3/c1-8-10(14)6-15-12(11(8)13)16(2)7-9-4-3-5-9/h6,9H,3-5,7,14H2,1-2H3. The molecule has 2 rings (SSSR count). The molecule has 4 heteroatoms. The molecule has 0 radical (unpaired) electrons. The molecule has 0 amide bonds. The summed E-state index contributed by atoms with van der Waals surface area (Å²) in [6, 6.07) is 0. The maximum Gasteiger partial charge on any atom is 0.143 e. The number of hydrogen-bond acceptors (Lipinski definition) is 3. The second-order valence-electron chi connectivity index (χ2n) is 4.65. The molecule has 0 aliphatic heterocycles. The lowest BCUT2D eigenvalue weighted by Crippen LogP contribution is -2.30. The first kappa shape index (κ1) is 11.7. The lowest BCUT2D eigenvalue weighted by atomic mass is 9.85. The number of aromatic nitrogens is 1. The van der Waals surface area contributed by atoms with Gasteiger partial charge < -0.3 is 10.6 Å². The Morgan fingerprint density at radius 1 is 1.56 bits per heavy atom. The Balaban J connectivity index is 2.15. The summed E-state index contributed by atoms with van der Waals surface area (Å²) in [4.78, 5) is 6.63. The maximum absolute atomic E-state index is 5.82. The minimum absolute atomic E-state index is 0.743. The van der Waals surface area contributed by atoms with Gasteiger partial charge in [-0.25, -0.2) is 4.98 Å². The molecule has 1 aromatic rings. The van der Waals surface area contributed by atoms with Crippen molar-refractivity contribution in [1.29, 1.82) is 0 Å². The Hall–Kier alpha value is -0.770. The molecule has 0 saturated heterocycles. The topological polar surface area (TPSA) is 42.1 Å². The van der Waals surface area contributed by atoms with E-state index >= 15 is 0 Å². The van der Waals surface area contributed by atoms with Crippen LogP contribution in [0, 0.1) is 12.8 Å². The van der Waals surface area contributed by atoms with Crippen molar-refractivity contribution in [3.8, 4) is 0 Å². The van der Waals surface area contributed by atoms with E-state index in [0.717, 1.165) is 34.0 Å². The van der Waals surface area contributed by atoms with E-state index in [4.69, 9.17) is 5.73 Å². The van der Waals surface area contributed by atoms with Gasteiger partial charge in [0.15, 0.2) is 0 Å². The Bertz CT molecular complexity index is 388. The third kappa shape index (κ3) is 2.17. The van der Waals surface area contributed by atoms with Crippen molar-refractivity contribution < 1.29 is 0 Å².